The molecule has 4 rings (SSSR count). The minimum Gasteiger partial charge on any atom is -0.507 e. The van der Waals surface area contributed by atoms with Gasteiger partial charge in [-0.15, -0.1) is 0 Å². The van der Waals surface area contributed by atoms with E-state index in [1.54, 1.807) is 30.3 Å². The molecule has 3 aromatic carbocycles. The van der Waals surface area contributed by atoms with Crippen LogP contribution >= 0.6 is 0 Å². The summed E-state index contributed by atoms with van der Waals surface area (Å²) in [6, 6.07) is 18.6. The molecule has 1 fully saturated rings. The standard InChI is InChI=1S/C27H24FNO4/c1-3-15-33-22-13-7-18(8-14-22)25(30)23-24(19-6-4-5-17(2)16-19)29(27(32)26(23)31)21-11-9-20(28)10-12-21/h4-14,16,24,30H,3,15H2,1-2H3/b25-23-. The van der Waals surface area contributed by atoms with E-state index < -0.39 is 23.5 Å². The predicted molar refractivity (Wildman–Crippen MR) is 125 cm³/mol. The van der Waals surface area contributed by atoms with Crippen LogP contribution in [0.25, 0.3) is 5.76 Å². The molecule has 33 heavy (non-hydrogen) atoms. The maximum absolute atomic E-state index is 13.5. The van der Waals surface area contributed by atoms with E-state index in [1.165, 1.54) is 29.2 Å². The Labute approximate surface area is 191 Å². The zero-order chi connectivity index (χ0) is 23.5. The van der Waals surface area contributed by atoms with Gasteiger partial charge in [0.1, 0.15) is 17.3 Å². The van der Waals surface area contributed by atoms with Crippen molar-refractivity contribution in [2.24, 2.45) is 0 Å². The third-order valence-corrected chi connectivity index (χ3v) is 5.51. The highest BCUT2D eigenvalue weighted by Crippen LogP contribution is 2.42. The van der Waals surface area contributed by atoms with Gasteiger partial charge in [0.2, 0.25) is 0 Å². The van der Waals surface area contributed by atoms with Gasteiger partial charge in [0.15, 0.2) is 0 Å². The second-order valence-electron chi connectivity index (χ2n) is 7.93. The van der Waals surface area contributed by atoms with Gasteiger partial charge in [-0.05, 0) is 67.4 Å². The molecule has 3 aromatic rings. The summed E-state index contributed by atoms with van der Waals surface area (Å²) in [5, 5.41) is 11.2. The highest BCUT2D eigenvalue weighted by molar-refractivity contribution is 6.51. The molecule has 0 aromatic heterocycles. The smallest absolute Gasteiger partial charge is 0.300 e. The molecular formula is C27H24FNO4. The summed E-state index contributed by atoms with van der Waals surface area (Å²) in [6.07, 6.45) is 0.866. The van der Waals surface area contributed by atoms with E-state index in [4.69, 9.17) is 4.74 Å². The maximum atomic E-state index is 13.5. The Hall–Kier alpha value is -3.93. The quantitative estimate of drug-likeness (QED) is 0.307. The summed E-state index contributed by atoms with van der Waals surface area (Å²) in [6.45, 7) is 4.48. The van der Waals surface area contributed by atoms with Crippen molar-refractivity contribution in [3.05, 3.63) is 101 Å². The molecule has 1 saturated heterocycles. The lowest BCUT2D eigenvalue weighted by Gasteiger charge is -2.25. The van der Waals surface area contributed by atoms with Crippen molar-refractivity contribution in [1.29, 1.82) is 0 Å². The molecule has 0 spiro atoms. The van der Waals surface area contributed by atoms with Crippen LogP contribution in [0.4, 0.5) is 10.1 Å². The van der Waals surface area contributed by atoms with E-state index in [2.05, 4.69) is 0 Å². The number of ether oxygens (including phenoxy) is 1. The van der Waals surface area contributed by atoms with Gasteiger partial charge in [-0.1, -0.05) is 36.8 Å². The number of benzene rings is 3. The molecule has 168 valence electrons. The maximum Gasteiger partial charge on any atom is 0.300 e. The number of ketones is 1. The molecule has 0 radical (unpaired) electrons. The number of amides is 1. The normalized spacial score (nSPS) is 17.4. The van der Waals surface area contributed by atoms with Crippen molar-refractivity contribution in [1.82, 2.24) is 0 Å². The largest absolute Gasteiger partial charge is 0.507 e. The van der Waals surface area contributed by atoms with Crippen molar-refractivity contribution in [2.75, 3.05) is 11.5 Å². The number of rotatable bonds is 6. The molecule has 1 aliphatic heterocycles. The number of carbonyl (C=O) groups excluding carboxylic acids is 2. The second kappa shape index (κ2) is 9.28. The zero-order valence-corrected chi connectivity index (χ0v) is 18.4. The molecule has 1 atom stereocenters. The molecule has 1 heterocycles. The first-order chi connectivity index (χ1) is 15.9. The van der Waals surface area contributed by atoms with Crippen LogP contribution in [0.3, 0.4) is 0 Å². The Bertz CT molecular complexity index is 1220. The van der Waals surface area contributed by atoms with Crippen LogP contribution in [0.1, 0.15) is 36.1 Å². The Morgan fingerprint density at radius 2 is 1.73 bits per heavy atom. The number of carbonyl (C=O) groups is 2. The van der Waals surface area contributed by atoms with Crippen molar-refractivity contribution < 1.29 is 23.8 Å². The number of aryl methyl sites for hydroxylation is 1. The van der Waals surface area contributed by atoms with Crippen LogP contribution in [-0.4, -0.2) is 23.4 Å². The molecule has 1 N–H and O–H groups in total. The molecular weight excluding hydrogens is 421 g/mol. The van der Waals surface area contributed by atoms with Crippen LogP contribution in [0.5, 0.6) is 5.75 Å². The topological polar surface area (TPSA) is 66.8 Å². The number of hydrogen-bond donors (Lipinski definition) is 1. The van der Waals surface area contributed by atoms with Gasteiger partial charge in [0, 0.05) is 11.3 Å². The van der Waals surface area contributed by atoms with Gasteiger partial charge in [-0.25, -0.2) is 4.39 Å². The fourth-order valence-electron chi connectivity index (χ4n) is 3.94. The van der Waals surface area contributed by atoms with Crippen LogP contribution in [0.15, 0.2) is 78.4 Å². The van der Waals surface area contributed by atoms with E-state index in [1.807, 2.05) is 32.0 Å². The Kier molecular flexibility index (Phi) is 6.27. The summed E-state index contributed by atoms with van der Waals surface area (Å²) in [5.41, 5.74) is 2.36. The predicted octanol–water partition coefficient (Wildman–Crippen LogP) is 5.55. The first-order valence-corrected chi connectivity index (χ1v) is 10.8. The summed E-state index contributed by atoms with van der Waals surface area (Å²) in [4.78, 5) is 27.5. The summed E-state index contributed by atoms with van der Waals surface area (Å²) in [7, 11) is 0. The molecule has 1 aliphatic rings. The second-order valence-corrected chi connectivity index (χ2v) is 7.93. The summed E-state index contributed by atoms with van der Waals surface area (Å²) >= 11 is 0. The summed E-state index contributed by atoms with van der Waals surface area (Å²) < 4.78 is 19.1. The third-order valence-electron chi connectivity index (χ3n) is 5.51. The van der Waals surface area contributed by atoms with Crippen molar-refractivity contribution >= 4 is 23.1 Å². The van der Waals surface area contributed by atoms with Gasteiger partial charge >= 0.3 is 0 Å². The minimum absolute atomic E-state index is 0.0165. The molecule has 6 heteroatoms. The lowest BCUT2D eigenvalue weighted by molar-refractivity contribution is -0.132. The fourth-order valence-corrected chi connectivity index (χ4v) is 3.94. The number of anilines is 1. The molecule has 0 bridgehead atoms. The van der Waals surface area contributed by atoms with Gasteiger partial charge < -0.3 is 9.84 Å². The number of aliphatic hydroxyl groups excluding tert-OH is 1. The molecule has 1 amide bonds. The monoisotopic (exact) mass is 445 g/mol. The Morgan fingerprint density at radius 3 is 2.36 bits per heavy atom. The third kappa shape index (κ3) is 4.37. The number of aliphatic hydroxyl groups is 1. The van der Waals surface area contributed by atoms with E-state index in [0.29, 0.717) is 29.2 Å². The van der Waals surface area contributed by atoms with E-state index in [-0.39, 0.29) is 11.3 Å². The average Bonchev–Trinajstić information content (AvgIpc) is 3.08. The number of Topliss-reactive ketones (excluding diaryl/α,β-unsaturated/α-hetero) is 1. The van der Waals surface area contributed by atoms with Gasteiger partial charge in [0.05, 0.1) is 18.2 Å². The zero-order valence-electron chi connectivity index (χ0n) is 18.4. The van der Waals surface area contributed by atoms with Gasteiger partial charge in [0.25, 0.3) is 11.7 Å². The molecule has 0 aliphatic carbocycles. The van der Waals surface area contributed by atoms with Crippen molar-refractivity contribution in [3.63, 3.8) is 0 Å². The number of nitrogens with zero attached hydrogens (tertiary/aromatic N) is 1. The van der Waals surface area contributed by atoms with Crippen molar-refractivity contribution in [2.45, 2.75) is 26.3 Å². The molecule has 0 saturated carbocycles. The van der Waals surface area contributed by atoms with Crippen LogP contribution in [0.2, 0.25) is 0 Å². The highest BCUT2D eigenvalue weighted by atomic mass is 19.1. The molecule has 1 unspecified atom stereocenters. The lowest BCUT2D eigenvalue weighted by atomic mass is 9.94. The lowest BCUT2D eigenvalue weighted by Crippen LogP contribution is -2.29. The minimum atomic E-state index is -0.855. The summed E-state index contributed by atoms with van der Waals surface area (Å²) in [5.74, 6) is -1.65. The first-order valence-electron chi connectivity index (χ1n) is 10.8. The van der Waals surface area contributed by atoms with Crippen LogP contribution in [-0.2, 0) is 9.59 Å². The van der Waals surface area contributed by atoms with Gasteiger partial charge in [-0.3, -0.25) is 14.5 Å². The van der Waals surface area contributed by atoms with Crippen LogP contribution < -0.4 is 9.64 Å². The number of hydrogen-bond acceptors (Lipinski definition) is 4. The Morgan fingerprint density at radius 1 is 1.03 bits per heavy atom. The van der Waals surface area contributed by atoms with Crippen LogP contribution in [0, 0.1) is 12.7 Å². The Balaban J connectivity index is 1.85. The van der Waals surface area contributed by atoms with E-state index in [0.717, 1.165) is 12.0 Å². The van der Waals surface area contributed by atoms with E-state index in [9.17, 15) is 19.1 Å². The van der Waals surface area contributed by atoms with E-state index >= 15 is 0 Å². The number of halogens is 1. The fraction of sp³-hybridized carbons (Fsp3) is 0.185. The SMILES string of the molecule is CCCOc1ccc(/C(O)=C2/C(=O)C(=O)N(c3ccc(F)cc3)C2c2cccc(C)c2)cc1. The van der Waals surface area contributed by atoms with Gasteiger partial charge in [-0.2, -0.15) is 0 Å². The average molecular weight is 445 g/mol. The molecule has 5 nitrogen and oxygen atoms in total. The highest BCUT2D eigenvalue weighted by Gasteiger charge is 2.47. The van der Waals surface area contributed by atoms with Crippen molar-refractivity contribution in [3.8, 4) is 5.75 Å². The first kappa shape index (κ1) is 22.3.